The molecule has 0 aliphatic carbocycles. The molecule has 0 aromatic heterocycles. The lowest BCUT2D eigenvalue weighted by atomic mass is 10.4. The van der Waals surface area contributed by atoms with E-state index in [1.54, 1.807) is 0 Å². The van der Waals surface area contributed by atoms with Crippen molar-refractivity contribution in [3.05, 3.63) is 31.7 Å². The molecule has 2 radical (unpaired) electrons. The summed E-state index contributed by atoms with van der Waals surface area (Å²) < 4.78 is 0. The molecule has 0 aromatic carbocycles. The van der Waals surface area contributed by atoms with Gasteiger partial charge in [0, 0.05) is 26.0 Å². The van der Waals surface area contributed by atoms with Crippen molar-refractivity contribution < 1.29 is 0 Å². The van der Waals surface area contributed by atoms with Gasteiger partial charge in [-0.3, -0.25) is 0 Å². The van der Waals surface area contributed by atoms with Gasteiger partial charge in [-0.15, -0.1) is 6.58 Å². The number of nitrogens with zero attached hydrogens (tertiary/aromatic N) is 2. The fourth-order valence-electron chi connectivity index (χ4n) is 0.805. The summed E-state index contributed by atoms with van der Waals surface area (Å²) in [6, 6.07) is 0. The molecule has 0 spiro atoms. The summed E-state index contributed by atoms with van der Waals surface area (Å²) in [4.78, 5) is 3.92. The summed E-state index contributed by atoms with van der Waals surface area (Å²) in [5.41, 5.74) is 0. The molecule has 2 nitrogen and oxygen atoms in total. The monoisotopic (exact) mass is 136 g/mol. The van der Waals surface area contributed by atoms with Gasteiger partial charge in [-0.05, 0) is 6.42 Å². The van der Waals surface area contributed by atoms with E-state index in [1.807, 2.05) is 35.3 Å². The number of hydrogen-bond donors (Lipinski definition) is 0. The Kier molecular flexibility index (Phi) is 2.37. The van der Waals surface area contributed by atoms with Crippen LogP contribution in [0.15, 0.2) is 25.1 Å². The minimum Gasteiger partial charge on any atom is -0.349 e. The lowest BCUT2D eigenvalue weighted by Crippen LogP contribution is -2.16. The lowest BCUT2D eigenvalue weighted by Gasteiger charge is -2.13. The van der Waals surface area contributed by atoms with E-state index >= 15 is 0 Å². The molecule has 0 N–H and O–H groups in total. The largest absolute Gasteiger partial charge is 0.349 e. The molecule has 54 valence electrons. The van der Waals surface area contributed by atoms with Gasteiger partial charge in [0.25, 0.3) is 0 Å². The Labute approximate surface area is 62.4 Å². The highest BCUT2D eigenvalue weighted by Gasteiger charge is 2.08. The summed E-state index contributed by atoms with van der Waals surface area (Å²) in [6.45, 7) is 7.72. The predicted octanol–water partition coefficient (Wildman–Crippen LogP) is 1.28. The van der Waals surface area contributed by atoms with E-state index in [9.17, 15) is 0 Å². The van der Waals surface area contributed by atoms with Crippen LogP contribution in [-0.2, 0) is 0 Å². The summed E-state index contributed by atoms with van der Waals surface area (Å²) >= 11 is 0. The van der Waals surface area contributed by atoms with E-state index in [1.165, 1.54) is 0 Å². The van der Waals surface area contributed by atoms with E-state index in [0.29, 0.717) is 0 Å². The Morgan fingerprint density at radius 2 is 2.40 bits per heavy atom. The van der Waals surface area contributed by atoms with Crippen LogP contribution >= 0.6 is 0 Å². The lowest BCUT2D eigenvalue weighted by molar-refractivity contribution is 0.385. The summed E-state index contributed by atoms with van der Waals surface area (Å²) in [5.74, 6) is 0. The molecule has 0 atom stereocenters. The number of hydrogen-bond acceptors (Lipinski definition) is 2. The van der Waals surface area contributed by atoms with Gasteiger partial charge in [0.1, 0.15) is 0 Å². The van der Waals surface area contributed by atoms with Gasteiger partial charge in [0.2, 0.25) is 6.67 Å². The van der Waals surface area contributed by atoms with Crippen LogP contribution < -0.4 is 0 Å². The first-order valence-corrected chi connectivity index (χ1v) is 3.38. The van der Waals surface area contributed by atoms with Crippen molar-refractivity contribution in [2.75, 3.05) is 13.6 Å². The first-order chi connectivity index (χ1) is 4.83. The van der Waals surface area contributed by atoms with Crippen LogP contribution in [0.1, 0.15) is 6.42 Å². The average Bonchev–Trinajstić information content (AvgIpc) is 2.31. The minimum absolute atomic E-state index is 0.977. The van der Waals surface area contributed by atoms with Crippen molar-refractivity contribution in [1.82, 2.24) is 9.80 Å². The van der Waals surface area contributed by atoms with Crippen LogP contribution in [0.3, 0.4) is 0 Å². The van der Waals surface area contributed by atoms with Crippen LogP contribution in [0.4, 0.5) is 0 Å². The highest BCUT2D eigenvalue weighted by molar-refractivity contribution is 4.95. The molecule has 0 bridgehead atoms. The zero-order chi connectivity index (χ0) is 7.40. The van der Waals surface area contributed by atoms with Crippen molar-refractivity contribution in [3.63, 3.8) is 0 Å². The zero-order valence-corrected chi connectivity index (χ0v) is 6.25. The highest BCUT2D eigenvalue weighted by atomic mass is 15.3. The maximum Gasteiger partial charge on any atom is 0.207 e. The van der Waals surface area contributed by atoms with E-state index in [0.717, 1.165) is 13.0 Å². The van der Waals surface area contributed by atoms with Gasteiger partial charge < -0.3 is 9.80 Å². The number of rotatable bonds is 3. The molecule has 0 unspecified atom stereocenters. The van der Waals surface area contributed by atoms with Crippen LogP contribution in [0.5, 0.6) is 0 Å². The van der Waals surface area contributed by atoms with Gasteiger partial charge in [-0.2, -0.15) is 0 Å². The molecule has 1 heterocycles. The van der Waals surface area contributed by atoms with Crippen LogP contribution in [0.2, 0.25) is 0 Å². The molecule has 0 amide bonds. The molecule has 1 aliphatic rings. The molecule has 1 rings (SSSR count). The van der Waals surface area contributed by atoms with Gasteiger partial charge in [0.15, 0.2) is 0 Å². The predicted molar refractivity (Wildman–Crippen MR) is 41.7 cm³/mol. The average molecular weight is 136 g/mol. The van der Waals surface area contributed by atoms with Crippen molar-refractivity contribution in [1.29, 1.82) is 0 Å². The SMILES string of the molecule is C=CCCN1[C]N(C)C=C1. The molecule has 1 aliphatic heterocycles. The quantitative estimate of drug-likeness (QED) is 0.539. The highest BCUT2D eigenvalue weighted by Crippen LogP contribution is 2.08. The minimum atomic E-state index is 0.977. The van der Waals surface area contributed by atoms with Crippen molar-refractivity contribution in [2.24, 2.45) is 0 Å². The van der Waals surface area contributed by atoms with Crippen LogP contribution in [0, 0.1) is 6.67 Å². The molecular formula is C8H12N2. The zero-order valence-electron chi connectivity index (χ0n) is 6.25. The van der Waals surface area contributed by atoms with Crippen molar-refractivity contribution in [3.8, 4) is 0 Å². The second kappa shape index (κ2) is 3.30. The van der Waals surface area contributed by atoms with Gasteiger partial charge in [-0.25, -0.2) is 0 Å². The van der Waals surface area contributed by atoms with E-state index in [4.69, 9.17) is 0 Å². The van der Waals surface area contributed by atoms with Crippen molar-refractivity contribution >= 4 is 0 Å². The molecule has 10 heavy (non-hydrogen) atoms. The fraction of sp³-hybridized carbons (Fsp3) is 0.375. The van der Waals surface area contributed by atoms with Gasteiger partial charge >= 0.3 is 0 Å². The topological polar surface area (TPSA) is 6.48 Å². The Morgan fingerprint density at radius 3 is 2.90 bits per heavy atom. The summed E-state index contributed by atoms with van der Waals surface area (Å²) in [5, 5.41) is 0. The fourth-order valence-corrected chi connectivity index (χ4v) is 0.805. The van der Waals surface area contributed by atoms with E-state index in [2.05, 4.69) is 13.2 Å². The van der Waals surface area contributed by atoms with E-state index < -0.39 is 0 Å². The molecule has 0 aromatic rings. The molecule has 0 saturated heterocycles. The Bertz CT molecular complexity index is 140. The maximum atomic E-state index is 3.65. The van der Waals surface area contributed by atoms with E-state index in [-0.39, 0.29) is 0 Å². The molecular weight excluding hydrogens is 124 g/mol. The van der Waals surface area contributed by atoms with Gasteiger partial charge in [0.05, 0.1) is 0 Å². The first-order valence-electron chi connectivity index (χ1n) is 3.38. The third-order valence-electron chi connectivity index (χ3n) is 1.33. The second-order valence-electron chi connectivity index (χ2n) is 2.28. The first kappa shape index (κ1) is 7.19. The Hall–Kier alpha value is -0.920. The van der Waals surface area contributed by atoms with Crippen LogP contribution in [-0.4, -0.2) is 23.4 Å². The van der Waals surface area contributed by atoms with Crippen molar-refractivity contribution in [2.45, 2.75) is 6.42 Å². The molecule has 0 saturated carbocycles. The maximum absolute atomic E-state index is 3.65. The third kappa shape index (κ3) is 1.79. The third-order valence-corrected chi connectivity index (χ3v) is 1.33. The molecule has 2 heteroatoms. The normalized spacial score (nSPS) is 16.5. The van der Waals surface area contributed by atoms with Crippen LogP contribution in [0.25, 0.3) is 0 Å². The smallest absolute Gasteiger partial charge is 0.207 e. The summed E-state index contributed by atoms with van der Waals surface area (Å²) in [6.07, 6.45) is 6.89. The molecule has 0 fully saturated rings. The Morgan fingerprint density at radius 1 is 1.60 bits per heavy atom. The summed E-state index contributed by atoms with van der Waals surface area (Å²) in [7, 11) is 1.96. The Balaban J connectivity index is 2.19. The van der Waals surface area contributed by atoms with Gasteiger partial charge in [-0.1, -0.05) is 6.08 Å². The standard InChI is InChI=1S/C8H12N2/c1-3-4-5-10-7-6-9(2)8-10/h3,6-7H,1,4-5H2,2H3. The second-order valence-corrected chi connectivity index (χ2v) is 2.28.